The highest BCUT2D eigenvalue weighted by atomic mass is 15.0. The van der Waals surface area contributed by atoms with Crippen LogP contribution in [-0.4, -0.2) is 15.0 Å². The van der Waals surface area contributed by atoms with E-state index in [1.165, 1.54) is 49.4 Å². The van der Waals surface area contributed by atoms with Crippen molar-refractivity contribution in [2.24, 2.45) is 0 Å². The average molecular weight is 602 g/mol. The normalized spacial score (nSPS) is 13.1. The van der Waals surface area contributed by atoms with Crippen LogP contribution in [0.2, 0.25) is 0 Å². The fourth-order valence-electron chi connectivity index (χ4n) is 7.19. The third-order valence-corrected chi connectivity index (χ3v) is 9.71. The molecule has 0 spiro atoms. The van der Waals surface area contributed by atoms with Gasteiger partial charge in [0.25, 0.3) is 0 Å². The molecule has 7 aromatic carbocycles. The molecule has 3 heteroatoms. The quantitative estimate of drug-likeness (QED) is 0.188. The number of aromatic nitrogens is 3. The van der Waals surface area contributed by atoms with E-state index in [-0.39, 0.29) is 5.41 Å². The Bertz CT molecular complexity index is 2460. The van der Waals surface area contributed by atoms with Crippen LogP contribution in [0.5, 0.6) is 0 Å². The number of hydrogen-bond acceptors (Lipinski definition) is 3. The fraction of sp³-hybridized carbons (Fsp3) is 0.0682. The Hall–Kier alpha value is -5.93. The smallest absolute Gasteiger partial charge is 0.164 e. The molecule has 1 aliphatic rings. The molecule has 0 bridgehead atoms. The lowest BCUT2D eigenvalue weighted by atomic mass is 9.81. The van der Waals surface area contributed by atoms with Crippen molar-refractivity contribution in [1.29, 1.82) is 0 Å². The van der Waals surface area contributed by atoms with E-state index in [1.54, 1.807) is 0 Å². The lowest BCUT2D eigenvalue weighted by molar-refractivity contribution is 0.661. The van der Waals surface area contributed by atoms with Crippen molar-refractivity contribution in [1.82, 2.24) is 15.0 Å². The SMILES string of the molecule is CC1(C)c2ccccc2-c2cc3ccc4cc(-c5nc(-c6ccccc6)nc(-c6ccc(-c7ccccc7)cc6)n5)ccc4c3cc21. The van der Waals surface area contributed by atoms with Crippen LogP contribution in [-0.2, 0) is 5.41 Å². The van der Waals surface area contributed by atoms with E-state index in [1.807, 2.05) is 36.4 Å². The zero-order chi connectivity index (χ0) is 31.5. The van der Waals surface area contributed by atoms with E-state index < -0.39 is 0 Å². The summed E-state index contributed by atoms with van der Waals surface area (Å²) in [6.45, 7) is 4.68. The standard InChI is InChI=1S/C44H31N3/c1-44(2)39-16-10-9-15-36(39)38-26-33-22-21-32-25-34(23-24-35(32)37(33)27-40(38)44)43-46-41(30-13-7-4-8-14-30)45-42(47-43)31-19-17-29(18-20-31)28-11-5-3-6-12-28/h3-27H,1-2H3. The van der Waals surface area contributed by atoms with Gasteiger partial charge in [-0.05, 0) is 73.1 Å². The van der Waals surface area contributed by atoms with E-state index >= 15 is 0 Å². The molecule has 222 valence electrons. The molecule has 47 heavy (non-hydrogen) atoms. The molecule has 0 radical (unpaired) electrons. The first-order valence-electron chi connectivity index (χ1n) is 16.1. The zero-order valence-electron chi connectivity index (χ0n) is 26.3. The molecule has 3 nitrogen and oxygen atoms in total. The van der Waals surface area contributed by atoms with Gasteiger partial charge in [-0.1, -0.05) is 147 Å². The van der Waals surface area contributed by atoms with Crippen molar-refractivity contribution >= 4 is 21.5 Å². The average Bonchev–Trinajstić information content (AvgIpc) is 3.36. The third-order valence-electron chi connectivity index (χ3n) is 9.71. The van der Waals surface area contributed by atoms with Crippen molar-refractivity contribution in [3.63, 3.8) is 0 Å². The van der Waals surface area contributed by atoms with Crippen LogP contribution in [0.1, 0.15) is 25.0 Å². The molecule has 1 heterocycles. The van der Waals surface area contributed by atoms with E-state index in [0.717, 1.165) is 22.3 Å². The van der Waals surface area contributed by atoms with Crippen LogP contribution >= 0.6 is 0 Å². The second kappa shape index (κ2) is 10.6. The number of fused-ring (bicyclic) bond motifs is 6. The summed E-state index contributed by atoms with van der Waals surface area (Å²) in [6.07, 6.45) is 0. The van der Waals surface area contributed by atoms with E-state index in [9.17, 15) is 0 Å². The monoisotopic (exact) mass is 601 g/mol. The van der Waals surface area contributed by atoms with Crippen LogP contribution in [0, 0.1) is 0 Å². The van der Waals surface area contributed by atoms with Crippen molar-refractivity contribution < 1.29 is 0 Å². The number of benzene rings is 7. The van der Waals surface area contributed by atoms with Gasteiger partial charge in [-0.25, -0.2) is 15.0 Å². The number of hydrogen-bond donors (Lipinski definition) is 0. The Labute approximate surface area is 274 Å². The van der Waals surface area contributed by atoms with Gasteiger partial charge in [0.1, 0.15) is 0 Å². The predicted octanol–water partition coefficient (Wildman–Crippen LogP) is 11.2. The van der Waals surface area contributed by atoms with Gasteiger partial charge in [0.2, 0.25) is 0 Å². The third kappa shape index (κ3) is 4.54. The topological polar surface area (TPSA) is 38.7 Å². The second-order valence-electron chi connectivity index (χ2n) is 12.9. The Morgan fingerprint density at radius 1 is 0.362 bits per heavy atom. The number of nitrogens with zero attached hydrogens (tertiary/aromatic N) is 3. The van der Waals surface area contributed by atoms with Gasteiger partial charge in [0.05, 0.1) is 0 Å². The van der Waals surface area contributed by atoms with E-state index in [4.69, 9.17) is 15.0 Å². The van der Waals surface area contributed by atoms with Gasteiger partial charge < -0.3 is 0 Å². The van der Waals surface area contributed by atoms with Crippen LogP contribution < -0.4 is 0 Å². The molecule has 0 saturated heterocycles. The van der Waals surface area contributed by atoms with E-state index in [0.29, 0.717) is 17.5 Å². The molecule has 1 aliphatic carbocycles. The summed E-state index contributed by atoms with van der Waals surface area (Å²) < 4.78 is 0. The molecule has 0 unspecified atom stereocenters. The minimum atomic E-state index is -0.0450. The van der Waals surface area contributed by atoms with Crippen LogP contribution in [0.25, 0.3) is 78.0 Å². The maximum absolute atomic E-state index is 5.04. The summed E-state index contributed by atoms with van der Waals surface area (Å²) in [6, 6.07) is 53.7. The summed E-state index contributed by atoms with van der Waals surface area (Å²) in [5.74, 6) is 1.98. The van der Waals surface area contributed by atoms with Gasteiger partial charge in [0, 0.05) is 22.1 Å². The minimum absolute atomic E-state index is 0.0450. The largest absolute Gasteiger partial charge is 0.208 e. The zero-order valence-corrected chi connectivity index (χ0v) is 26.3. The van der Waals surface area contributed by atoms with Crippen molar-refractivity contribution in [2.45, 2.75) is 19.3 Å². The highest BCUT2D eigenvalue weighted by Crippen LogP contribution is 2.50. The summed E-state index contributed by atoms with van der Waals surface area (Å²) in [7, 11) is 0. The van der Waals surface area contributed by atoms with Crippen molar-refractivity contribution in [3.05, 3.63) is 163 Å². The van der Waals surface area contributed by atoms with Gasteiger partial charge in [-0.2, -0.15) is 0 Å². The number of rotatable bonds is 4. The first kappa shape index (κ1) is 27.4. The maximum Gasteiger partial charge on any atom is 0.164 e. The summed E-state index contributed by atoms with van der Waals surface area (Å²) in [5.41, 5.74) is 10.6. The fourth-order valence-corrected chi connectivity index (χ4v) is 7.19. The molecule has 0 aliphatic heterocycles. The Morgan fingerprint density at radius 2 is 0.872 bits per heavy atom. The lowest BCUT2D eigenvalue weighted by Gasteiger charge is -2.22. The molecular formula is C44H31N3. The Balaban J connectivity index is 1.16. The molecule has 9 rings (SSSR count). The second-order valence-corrected chi connectivity index (χ2v) is 12.9. The lowest BCUT2D eigenvalue weighted by Crippen LogP contribution is -2.14. The van der Waals surface area contributed by atoms with Gasteiger partial charge in [0.15, 0.2) is 17.5 Å². The molecule has 0 amide bonds. The molecular weight excluding hydrogens is 571 g/mol. The first-order valence-corrected chi connectivity index (χ1v) is 16.1. The first-order chi connectivity index (χ1) is 23.0. The van der Waals surface area contributed by atoms with E-state index in [2.05, 4.69) is 129 Å². The predicted molar refractivity (Wildman–Crippen MR) is 194 cm³/mol. The van der Waals surface area contributed by atoms with Gasteiger partial charge in [-0.15, -0.1) is 0 Å². The van der Waals surface area contributed by atoms with Crippen LogP contribution in [0.15, 0.2) is 152 Å². The van der Waals surface area contributed by atoms with Crippen molar-refractivity contribution in [3.8, 4) is 56.4 Å². The summed E-state index contributed by atoms with van der Waals surface area (Å²) >= 11 is 0. The van der Waals surface area contributed by atoms with Gasteiger partial charge in [-0.3, -0.25) is 0 Å². The van der Waals surface area contributed by atoms with Crippen LogP contribution in [0.3, 0.4) is 0 Å². The molecule has 0 saturated carbocycles. The molecule has 0 atom stereocenters. The highest BCUT2D eigenvalue weighted by Gasteiger charge is 2.35. The molecule has 0 fully saturated rings. The maximum atomic E-state index is 5.04. The van der Waals surface area contributed by atoms with Gasteiger partial charge >= 0.3 is 0 Å². The summed E-state index contributed by atoms with van der Waals surface area (Å²) in [4.78, 5) is 15.0. The minimum Gasteiger partial charge on any atom is -0.208 e. The molecule has 8 aromatic rings. The van der Waals surface area contributed by atoms with Crippen LogP contribution in [0.4, 0.5) is 0 Å². The Kier molecular flexibility index (Phi) is 6.16. The van der Waals surface area contributed by atoms with Crippen molar-refractivity contribution in [2.75, 3.05) is 0 Å². The Morgan fingerprint density at radius 3 is 1.57 bits per heavy atom. The summed E-state index contributed by atoms with van der Waals surface area (Å²) in [5, 5.41) is 4.92. The molecule has 0 N–H and O–H groups in total. The highest BCUT2D eigenvalue weighted by molar-refractivity contribution is 6.10. The molecule has 1 aromatic heterocycles.